The number of likely N-dealkylation sites (tertiary alicyclic amines) is 1. The summed E-state index contributed by atoms with van der Waals surface area (Å²) in [5.41, 5.74) is 4.29. The molecular formula is C27H32N6O2S. The van der Waals surface area contributed by atoms with Crippen molar-refractivity contribution in [2.75, 3.05) is 32.5 Å². The van der Waals surface area contributed by atoms with Crippen LogP contribution in [0.5, 0.6) is 0 Å². The Balaban J connectivity index is 1.36. The van der Waals surface area contributed by atoms with Crippen LogP contribution in [-0.2, 0) is 16.0 Å². The molecule has 1 N–H and O–H groups in total. The molecular weight excluding hydrogens is 472 g/mol. The van der Waals surface area contributed by atoms with Gasteiger partial charge in [0.15, 0.2) is 0 Å². The van der Waals surface area contributed by atoms with Gasteiger partial charge in [0.25, 0.3) is 0 Å². The number of hydrogen-bond donors (Lipinski definition) is 1. The number of carbonyl (C=O) groups is 2. The average molecular weight is 505 g/mol. The number of benzene rings is 1. The molecule has 5 rings (SSSR count). The zero-order chi connectivity index (χ0) is 25.4. The molecule has 1 fully saturated rings. The lowest BCUT2D eigenvalue weighted by molar-refractivity contribution is -0.146. The first-order valence-electron chi connectivity index (χ1n) is 12.4. The Kier molecular flexibility index (Phi) is 6.77. The molecule has 0 bridgehead atoms. The van der Waals surface area contributed by atoms with Crippen molar-refractivity contribution in [3.05, 3.63) is 59.0 Å². The van der Waals surface area contributed by atoms with Gasteiger partial charge in [0.2, 0.25) is 0 Å². The van der Waals surface area contributed by atoms with Crippen LogP contribution in [0.2, 0.25) is 0 Å². The lowest BCUT2D eigenvalue weighted by atomic mass is 9.89. The molecule has 36 heavy (non-hydrogen) atoms. The number of piperidine rings is 1. The maximum atomic E-state index is 13.4. The minimum Gasteiger partial charge on any atom is -0.327 e. The molecule has 3 aromatic heterocycles. The van der Waals surface area contributed by atoms with Gasteiger partial charge in [-0.2, -0.15) is 0 Å². The molecule has 0 unspecified atom stereocenters. The second kappa shape index (κ2) is 9.99. The van der Waals surface area contributed by atoms with Gasteiger partial charge in [0.05, 0.1) is 21.3 Å². The van der Waals surface area contributed by atoms with E-state index in [1.54, 1.807) is 34.6 Å². The van der Waals surface area contributed by atoms with E-state index in [0.29, 0.717) is 18.2 Å². The van der Waals surface area contributed by atoms with Crippen LogP contribution < -0.4 is 5.32 Å². The van der Waals surface area contributed by atoms with Gasteiger partial charge >= 0.3 is 11.8 Å². The molecule has 1 saturated heterocycles. The van der Waals surface area contributed by atoms with E-state index in [2.05, 4.69) is 54.4 Å². The number of nitrogens with zero attached hydrogens (tertiary/aromatic N) is 5. The van der Waals surface area contributed by atoms with Crippen LogP contribution in [0.3, 0.4) is 0 Å². The number of aryl methyl sites for hydroxylation is 1. The number of fused-ring (bicyclic) bond motifs is 2. The number of anilines is 1. The summed E-state index contributed by atoms with van der Waals surface area (Å²) in [4.78, 5) is 39.5. The molecule has 188 valence electrons. The van der Waals surface area contributed by atoms with Gasteiger partial charge < -0.3 is 19.5 Å². The number of thiazole rings is 1. The van der Waals surface area contributed by atoms with Crippen molar-refractivity contribution in [3.8, 4) is 0 Å². The van der Waals surface area contributed by atoms with Gasteiger partial charge in [-0.1, -0.05) is 13.0 Å². The van der Waals surface area contributed by atoms with E-state index in [1.807, 2.05) is 17.5 Å². The van der Waals surface area contributed by atoms with E-state index < -0.39 is 11.8 Å². The summed E-state index contributed by atoms with van der Waals surface area (Å²) in [6.45, 7) is 5.60. The number of pyridine rings is 1. The first kappa shape index (κ1) is 24.4. The van der Waals surface area contributed by atoms with Crippen LogP contribution >= 0.6 is 11.3 Å². The van der Waals surface area contributed by atoms with E-state index in [0.717, 1.165) is 57.9 Å². The Morgan fingerprint density at radius 2 is 2.03 bits per heavy atom. The van der Waals surface area contributed by atoms with Crippen molar-refractivity contribution in [2.45, 2.75) is 39.2 Å². The number of carbonyl (C=O) groups excluding carboxylic acids is 2. The molecule has 1 aliphatic rings. The molecule has 0 saturated carbocycles. The molecule has 0 aliphatic carbocycles. The van der Waals surface area contributed by atoms with E-state index in [4.69, 9.17) is 4.98 Å². The normalized spacial score (nSPS) is 18.3. The van der Waals surface area contributed by atoms with Crippen LogP contribution in [0.25, 0.3) is 15.9 Å². The summed E-state index contributed by atoms with van der Waals surface area (Å²) >= 11 is 1.72. The van der Waals surface area contributed by atoms with Crippen molar-refractivity contribution in [1.82, 2.24) is 24.2 Å². The fraction of sp³-hybridized carbons (Fsp3) is 0.407. The standard InChI is InChI=1S/C27H32N6O2S/c1-17-5-7-22(19-6-8-23-21(13-19)30-25(36-23)10-11-31(3)4)33(16-17)27(35)26(34)29-20-9-12-32-18(2)15-28-24(32)14-20/h6,8-9,12-15,17,22H,5,7,10-11,16H2,1-4H3,(H,29,34)/t17-,22+/m0/s1. The van der Waals surface area contributed by atoms with Crippen LogP contribution in [0.4, 0.5) is 5.69 Å². The molecule has 4 aromatic rings. The average Bonchev–Trinajstić information content (AvgIpc) is 3.44. The largest absolute Gasteiger partial charge is 0.327 e. The molecule has 0 radical (unpaired) electrons. The number of imidazole rings is 1. The molecule has 4 heterocycles. The fourth-order valence-electron chi connectivity index (χ4n) is 4.85. The van der Waals surface area contributed by atoms with Crippen LogP contribution in [-0.4, -0.2) is 63.2 Å². The highest BCUT2D eigenvalue weighted by Crippen LogP contribution is 2.35. The second-order valence-corrected chi connectivity index (χ2v) is 11.2. The second-order valence-electron chi connectivity index (χ2n) is 10.0. The van der Waals surface area contributed by atoms with Gasteiger partial charge in [-0.05, 0) is 63.5 Å². The van der Waals surface area contributed by atoms with Crippen LogP contribution in [0.15, 0.2) is 42.7 Å². The zero-order valence-corrected chi connectivity index (χ0v) is 22.0. The van der Waals surface area contributed by atoms with Crippen molar-refractivity contribution in [1.29, 1.82) is 0 Å². The highest BCUT2D eigenvalue weighted by atomic mass is 32.1. The SMILES string of the molecule is Cc1cnc2cc(NC(=O)C(=O)N3C[C@@H](C)CC[C@@H]3c3ccc4sc(CCN(C)C)nc4c3)ccn12. The quantitative estimate of drug-likeness (QED) is 0.410. The molecule has 1 aromatic carbocycles. The lowest BCUT2D eigenvalue weighted by Crippen LogP contribution is -2.46. The molecule has 2 amide bonds. The maximum absolute atomic E-state index is 13.4. The Labute approximate surface area is 214 Å². The van der Waals surface area contributed by atoms with Crippen LogP contribution in [0.1, 0.15) is 42.1 Å². The highest BCUT2D eigenvalue weighted by molar-refractivity contribution is 7.18. The fourth-order valence-corrected chi connectivity index (χ4v) is 5.79. The Morgan fingerprint density at radius 1 is 1.19 bits per heavy atom. The number of nitrogens with one attached hydrogen (secondary N) is 1. The van der Waals surface area contributed by atoms with Crippen molar-refractivity contribution >= 4 is 44.7 Å². The summed E-state index contributed by atoms with van der Waals surface area (Å²) in [6.07, 6.45) is 6.37. The van der Waals surface area contributed by atoms with Crippen molar-refractivity contribution in [2.24, 2.45) is 5.92 Å². The minimum absolute atomic E-state index is 0.145. The predicted octanol–water partition coefficient (Wildman–Crippen LogP) is 4.29. The number of aromatic nitrogens is 3. The van der Waals surface area contributed by atoms with E-state index in [1.165, 1.54) is 0 Å². The third-order valence-corrected chi connectivity index (χ3v) is 7.94. The summed E-state index contributed by atoms with van der Waals surface area (Å²) < 4.78 is 3.08. The van der Waals surface area contributed by atoms with E-state index in [-0.39, 0.29) is 6.04 Å². The molecule has 8 nitrogen and oxygen atoms in total. The van der Waals surface area contributed by atoms with Gasteiger partial charge in [-0.15, -0.1) is 11.3 Å². The lowest BCUT2D eigenvalue weighted by Gasteiger charge is -2.38. The molecule has 1 aliphatic heterocycles. The Morgan fingerprint density at radius 3 is 2.83 bits per heavy atom. The van der Waals surface area contributed by atoms with E-state index >= 15 is 0 Å². The van der Waals surface area contributed by atoms with Crippen molar-refractivity contribution < 1.29 is 9.59 Å². The molecule has 0 spiro atoms. The number of hydrogen-bond acceptors (Lipinski definition) is 6. The smallest absolute Gasteiger partial charge is 0.313 e. The minimum atomic E-state index is -0.623. The van der Waals surface area contributed by atoms with Crippen molar-refractivity contribution in [3.63, 3.8) is 0 Å². The monoisotopic (exact) mass is 504 g/mol. The Bertz CT molecular complexity index is 1420. The predicted molar refractivity (Wildman–Crippen MR) is 143 cm³/mol. The first-order chi connectivity index (χ1) is 17.3. The Hall–Kier alpha value is -3.30. The number of amides is 2. The van der Waals surface area contributed by atoms with Crippen LogP contribution in [0, 0.1) is 12.8 Å². The zero-order valence-electron chi connectivity index (χ0n) is 21.2. The first-order valence-corrected chi connectivity index (χ1v) is 13.2. The third-order valence-electron chi connectivity index (χ3n) is 6.84. The molecule has 2 atom stereocenters. The van der Waals surface area contributed by atoms with Gasteiger partial charge in [-0.25, -0.2) is 9.97 Å². The third kappa shape index (κ3) is 4.99. The van der Waals surface area contributed by atoms with Gasteiger partial charge in [0, 0.05) is 49.4 Å². The number of rotatable bonds is 5. The topological polar surface area (TPSA) is 82.8 Å². The summed E-state index contributed by atoms with van der Waals surface area (Å²) in [7, 11) is 4.13. The summed E-state index contributed by atoms with van der Waals surface area (Å²) in [5, 5.41) is 3.90. The highest BCUT2D eigenvalue weighted by Gasteiger charge is 2.34. The maximum Gasteiger partial charge on any atom is 0.313 e. The van der Waals surface area contributed by atoms with Gasteiger partial charge in [0.1, 0.15) is 5.65 Å². The van der Waals surface area contributed by atoms with E-state index in [9.17, 15) is 9.59 Å². The van der Waals surface area contributed by atoms with Gasteiger partial charge in [-0.3, -0.25) is 9.59 Å². The summed E-state index contributed by atoms with van der Waals surface area (Å²) in [5.74, 6) is -0.790. The number of likely N-dealkylation sites (N-methyl/N-ethyl adjacent to an activating group) is 1. The molecule has 9 heteroatoms. The summed E-state index contributed by atoms with van der Waals surface area (Å²) in [6, 6.07) is 9.70.